The summed E-state index contributed by atoms with van der Waals surface area (Å²) in [5.74, 6) is 0. The largest absolute Gasteiger partial charge is 0.243 e. The Morgan fingerprint density at radius 3 is 1.38 bits per heavy atom. The lowest BCUT2D eigenvalue weighted by molar-refractivity contribution is 1.34. The van der Waals surface area contributed by atoms with Crippen LogP contribution < -0.4 is 32.8 Å². The van der Waals surface area contributed by atoms with Crippen molar-refractivity contribution in [2.75, 3.05) is 0 Å². The maximum atomic E-state index is 2.40. The third-order valence-electron chi connectivity index (χ3n) is 9.48. The quantitative estimate of drug-likeness (QED) is 0.252. The van der Waals surface area contributed by atoms with E-state index in [1.165, 1.54) is 88.1 Å². The highest BCUT2D eigenvalue weighted by Crippen LogP contribution is 2.24. The van der Waals surface area contributed by atoms with Gasteiger partial charge in [-0.3, -0.25) is 0 Å². The minimum atomic E-state index is 0.128. The Kier molecular flexibility index (Phi) is 6.47. The van der Waals surface area contributed by atoms with Crippen LogP contribution in [-0.2, 0) is 0 Å². The summed E-state index contributed by atoms with van der Waals surface area (Å²) in [5.41, 5.74) is 19.3. The van der Waals surface area contributed by atoms with E-state index < -0.39 is 0 Å². The first-order valence-corrected chi connectivity index (χ1v) is 15.2. The molecule has 0 spiro atoms. The van der Waals surface area contributed by atoms with E-state index >= 15 is 0 Å². The summed E-state index contributed by atoms with van der Waals surface area (Å²) in [6.07, 6.45) is 0. The zero-order valence-electron chi connectivity index (χ0n) is 25.5. The number of benzene rings is 6. The number of rotatable bonds is 4. The van der Waals surface area contributed by atoms with Gasteiger partial charge in [0, 0.05) is 0 Å². The van der Waals surface area contributed by atoms with Gasteiger partial charge in [-0.05, 0) is 63.4 Å². The van der Waals surface area contributed by atoms with E-state index in [0.29, 0.717) is 0 Å². The van der Waals surface area contributed by atoms with Crippen LogP contribution in [0, 0.1) is 41.5 Å². The summed E-state index contributed by atoms with van der Waals surface area (Å²) < 4.78 is 0. The SMILES string of the molecule is Cc1cc(C)c(B(c2c(C)cc(C)cc2C)c2cccc3cccc(B4c5ccccc5-c5ccccc54)c23)c(C)c1. The van der Waals surface area contributed by atoms with Gasteiger partial charge >= 0.3 is 0 Å². The predicted octanol–water partition coefficient (Wildman–Crippen LogP) is 5.70. The Bertz CT molecular complexity index is 1860. The summed E-state index contributed by atoms with van der Waals surface area (Å²) in [6, 6.07) is 41.4. The lowest BCUT2D eigenvalue weighted by Gasteiger charge is -2.27. The molecule has 0 radical (unpaired) electrons. The third kappa shape index (κ3) is 4.16. The lowest BCUT2D eigenvalue weighted by Crippen LogP contribution is -2.58. The predicted molar refractivity (Wildman–Crippen MR) is 186 cm³/mol. The Labute approximate surface area is 251 Å². The summed E-state index contributed by atoms with van der Waals surface area (Å²) in [7, 11) is 0. The fourth-order valence-corrected chi connectivity index (χ4v) is 8.12. The van der Waals surface area contributed by atoms with Crippen LogP contribution in [0.1, 0.15) is 33.4 Å². The first-order valence-electron chi connectivity index (χ1n) is 15.2. The van der Waals surface area contributed by atoms with Gasteiger partial charge in [0.15, 0.2) is 0 Å². The topological polar surface area (TPSA) is 0 Å². The maximum absolute atomic E-state index is 2.40. The van der Waals surface area contributed by atoms with Crippen molar-refractivity contribution >= 4 is 57.0 Å². The van der Waals surface area contributed by atoms with Crippen molar-refractivity contribution in [3.63, 3.8) is 0 Å². The summed E-state index contributed by atoms with van der Waals surface area (Å²) in [6.45, 7) is 14.0. The third-order valence-corrected chi connectivity index (χ3v) is 9.48. The van der Waals surface area contributed by atoms with Crippen LogP contribution in [0.4, 0.5) is 0 Å². The van der Waals surface area contributed by atoms with Crippen molar-refractivity contribution in [2.45, 2.75) is 41.5 Å². The molecule has 7 rings (SSSR count). The number of hydrogen-bond acceptors (Lipinski definition) is 0. The second kappa shape index (κ2) is 10.2. The monoisotopic (exact) mass is 538 g/mol. The molecule has 0 nitrogen and oxygen atoms in total. The molecule has 0 saturated carbocycles. The molecular formula is C40H36B2. The normalized spacial score (nSPS) is 12.0. The molecular weight excluding hydrogens is 502 g/mol. The summed E-state index contributed by atoms with van der Waals surface area (Å²) in [5, 5.41) is 2.70. The van der Waals surface area contributed by atoms with Crippen molar-refractivity contribution < 1.29 is 0 Å². The molecule has 0 unspecified atom stereocenters. The zero-order valence-corrected chi connectivity index (χ0v) is 25.5. The fraction of sp³-hybridized carbons (Fsp3) is 0.150. The van der Waals surface area contributed by atoms with Crippen molar-refractivity contribution in [3.05, 3.63) is 143 Å². The molecule has 1 aliphatic heterocycles. The van der Waals surface area contributed by atoms with Crippen molar-refractivity contribution in [1.29, 1.82) is 0 Å². The zero-order chi connectivity index (χ0) is 29.1. The van der Waals surface area contributed by atoms with Gasteiger partial charge in [-0.15, -0.1) is 0 Å². The molecule has 0 fully saturated rings. The fourth-order valence-electron chi connectivity index (χ4n) is 8.12. The van der Waals surface area contributed by atoms with Gasteiger partial charge in [-0.25, -0.2) is 0 Å². The average molecular weight is 538 g/mol. The molecule has 0 saturated heterocycles. The second-order valence-corrected chi connectivity index (χ2v) is 12.5. The van der Waals surface area contributed by atoms with Gasteiger partial charge in [-0.2, -0.15) is 0 Å². The molecule has 0 bridgehead atoms. The van der Waals surface area contributed by atoms with Gasteiger partial charge in [0.05, 0.1) is 0 Å². The van der Waals surface area contributed by atoms with Crippen LogP contribution in [-0.4, -0.2) is 13.4 Å². The standard InChI is InChI=1S/C40H36B2/c1-25-21-27(3)39(28(4)22-25)42(40-29(5)23-26(2)24-30(40)6)37-20-12-14-31-13-11-19-36(38(31)37)41-34-17-9-7-15-32(34)33-16-8-10-18-35(33)41/h7-24H,1-6H3. The minimum absolute atomic E-state index is 0.128. The average Bonchev–Trinajstić information content (AvgIpc) is 3.29. The van der Waals surface area contributed by atoms with E-state index in [1.807, 2.05) is 0 Å². The van der Waals surface area contributed by atoms with Crippen LogP contribution in [0.3, 0.4) is 0 Å². The van der Waals surface area contributed by atoms with Gasteiger partial charge in [-0.1, -0.05) is 175 Å². The molecule has 42 heavy (non-hydrogen) atoms. The van der Waals surface area contributed by atoms with E-state index in [1.54, 1.807) is 0 Å². The molecule has 0 N–H and O–H groups in total. The molecule has 202 valence electrons. The molecule has 1 aliphatic rings. The van der Waals surface area contributed by atoms with Gasteiger partial charge in [0.25, 0.3) is 0 Å². The van der Waals surface area contributed by atoms with Gasteiger partial charge < -0.3 is 0 Å². The van der Waals surface area contributed by atoms with Crippen LogP contribution in [0.5, 0.6) is 0 Å². The summed E-state index contributed by atoms with van der Waals surface area (Å²) in [4.78, 5) is 0. The molecule has 0 aliphatic carbocycles. The van der Waals surface area contributed by atoms with Crippen molar-refractivity contribution in [1.82, 2.24) is 0 Å². The van der Waals surface area contributed by atoms with Crippen LogP contribution in [0.15, 0.2) is 109 Å². The van der Waals surface area contributed by atoms with E-state index in [9.17, 15) is 0 Å². The van der Waals surface area contributed by atoms with E-state index in [-0.39, 0.29) is 13.4 Å². The second-order valence-electron chi connectivity index (χ2n) is 12.5. The van der Waals surface area contributed by atoms with Crippen LogP contribution in [0.2, 0.25) is 0 Å². The molecule has 0 atom stereocenters. The number of hydrogen-bond donors (Lipinski definition) is 0. The smallest absolute Gasteiger partial charge is 0.0664 e. The summed E-state index contributed by atoms with van der Waals surface area (Å²) >= 11 is 0. The molecule has 1 heterocycles. The minimum Gasteiger partial charge on any atom is -0.0664 e. The van der Waals surface area contributed by atoms with Crippen molar-refractivity contribution in [3.8, 4) is 11.1 Å². The lowest BCUT2D eigenvalue weighted by atomic mass is 9.32. The maximum Gasteiger partial charge on any atom is 0.243 e. The van der Waals surface area contributed by atoms with Crippen LogP contribution >= 0.6 is 0 Å². The van der Waals surface area contributed by atoms with E-state index in [0.717, 1.165) is 0 Å². The Hall–Kier alpha value is -4.29. The molecule has 2 heteroatoms. The first kappa shape index (κ1) is 26.6. The first-order chi connectivity index (χ1) is 20.3. The molecule has 6 aromatic rings. The molecule has 6 aromatic carbocycles. The van der Waals surface area contributed by atoms with E-state index in [4.69, 9.17) is 0 Å². The Morgan fingerprint density at radius 1 is 0.452 bits per heavy atom. The van der Waals surface area contributed by atoms with Crippen molar-refractivity contribution in [2.24, 2.45) is 0 Å². The Morgan fingerprint density at radius 2 is 0.881 bits per heavy atom. The highest BCUT2D eigenvalue weighted by Gasteiger charge is 2.36. The van der Waals surface area contributed by atoms with Gasteiger partial charge in [0.2, 0.25) is 13.4 Å². The Balaban J connectivity index is 1.59. The highest BCUT2D eigenvalue weighted by atomic mass is 14.2. The van der Waals surface area contributed by atoms with Gasteiger partial charge in [0.1, 0.15) is 0 Å². The molecule has 0 aromatic heterocycles. The number of aryl methyl sites for hydroxylation is 6. The van der Waals surface area contributed by atoms with Crippen LogP contribution in [0.25, 0.3) is 21.9 Å². The highest BCUT2D eigenvalue weighted by molar-refractivity contribution is 7.02. The number of fused-ring (bicyclic) bond motifs is 4. The van der Waals surface area contributed by atoms with E-state index in [2.05, 4.69) is 151 Å². The molecule has 0 amide bonds.